The maximum Gasteiger partial charge on any atom is 0.193 e. The van der Waals surface area contributed by atoms with Crippen LogP contribution in [0.2, 0.25) is 0 Å². The van der Waals surface area contributed by atoms with Crippen LogP contribution in [-0.2, 0) is 14.3 Å². The highest BCUT2D eigenvalue weighted by atomic mass is 16.5. The lowest BCUT2D eigenvalue weighted by atomic mass is 10.2. The number of carbonyl (C=O) groups excluding carboxylic acids is 2. The van der Waals surface area contributed by atoms with E-state index in [2.05, 4.69) is 0 Å². The number of hydrogen-bond acceptors (Lipinski definition) is 3. The minimum atomic E-state index is -0.422. The van der Waals surface area contributed by atoms with Crippen LogP contribution >= 0.6 is 0 Å². The van der Waals surface area contributed by atoms with Crippen LogP contribution in [0.5, 0.6) is 0 Å². The number of ether oxygens (including phenoxy) is 1. The summed E-state index contributed by atoms with van der Waals surface area (Å²) in [6.07, 6.45) is 1.77. The van der Waals surface area contributed by atoms with Crippen LogP contribution in [-0.4, -0.2) is 17.7 Å². The van der Waals surface area contributed by atoms with E-state index < -0.39 is 6.10 Å². The molecule has 0 aromatic rings. The zero-order valence-corrected chi connectivity index (χ0v) is 6.59. The lowest BCUT2D eigenvalue weighted by molar-refractivity contribution is -0.126. The van der Waals surface area contributed by atoms with E-state index in [4.69, 9.17) is 4.74 Å². The quantitative estimate of drug-likeness (QED) is 0.591. The van der Waals surface area contributed by atoms with E-state index in [1.807, 2.05) is 0 Å². The first-order valence-electron chi connectivity index (χ1n) is 3.49. The third kappa shape index (κ3) is 1.67. The first kappa shape index (κ1) is 7.98. The average molecular weight is 154 g/mol. The van der Waals surface area contributed by atoms with E-state index in [1.54, 1.807) is 6.08 Å². The van der Waals surface area contributed by atoms with E-state index in [-0.39, 0.29) is 11.6 Å². The van der Waals surface area contributed by atoms with Crippen molar-refractivity contribution in [3.8, 4) is 0 Å². The van der Waals surface area contributed by atoms with Gasteiger partial charge in [0.05, 0.1) is 0 Å². The molecule has 1 heterocycles. The molecule has 0 saturated heterocycles. The number of ketones is 2. The highest BCUT2D eigenvalue weighted by molar-refractivity contribution is 5.93. The van der Waals surface area contributed by atoms with Gasteiger partial charge in [0.2, 0.25) is 0 Å². The smallest absolute Gasteiger partial charge is 0.193 e. The maximum atomic E-state index is 10.7. The molecule has 1 aliphatic rings. The van der Waals surface area contributed by atoms with Crippen LogP contribution in [0.25, 0.3) is 0 Å². The third-order valence-corrected chi connectivity index (χ3v) is 1.59. The monoisotopic (exact) mass is 154 g/mol. The lowest BCUT2D eigenvalue weighted by Gasteiger charge is -2.06. The van der Waals surface area contributed by atoms with Crippen LogP contribution in [0.15, 0.2) is 11.8 Å². The molecule has 0 aromatic heterocycles. The first-order chi connectivity index (χ1) is 5.11. The molecule has 0 amide bonds. The normalized spacial score (nSPS) is 22.4. The van der Waals surface area contributed by atoms with Gasteiger partial charge in [0, 0.05) is 13.3 Å². The van der Waals surface area contributed by atoms with Crippen LogP contribution in [0.3, 0.4) is 0 Å². The molecule has 0 fully saturated rings. The molecule has 0 spiro atoms. The van der Waals surface area contributed by atoms with Crippen molar-refractivity contribution in [2.45, 2.75) is 26.4 Å². The molecular formula is C8H10O3. The Labute approximate surface area is 65.0 Å². The molecule has 0 radical (unpaired) electrons. The zero-order valence-electron chi connectivity index (χ0n) is 6.59. The SMILES string of the molecule is CC(=O)C1=CCC(C(C)=O)O1. The lowest BCUT2D eigenvalue weighted by Crippen LogP contribution is -2.17. The Balaban J connectivity index is 2.56. The highest BCUT2D eigenvalue weighted by Crippen LogP contribution is 2.17. The second kappa shape index (κ2) is 2.86. The highest BCUT2D eigenvalue weighted by Gasteiger charge is 2.23. The summed E-state index contributed by atoms with van der Waals surface area (Å²) in [5.41, 5.74) is 0. The van der Waals surface area contributed by atoms with Crippen LogP contribution in [0.4, 0.5) is 0 Å². The summed E-state index contributed by atoms with van der Waals surface area (Å²) >= 11 is 0. The summed E-state index contributed by atoms with van der Waals surface area (Å²) in [7, 11) is 0. The molecule has 11 heavy (non-hydrogen) atoms. The molecule has 60 valence electrons. The number of allylic oxidation sites excluding steroid dienone is 1. The topological polar surface area (TPSA) is 43.4 Å². The summed E-state index contributed by atoms with van der Waals surface area (Å²) in [5, 5.41) is 0. The van der Waals surface area contributed by atoms with Gasteiger partial charge >= 0.3 is 0 Å². The summed E-state index contributed by atoms with van der Waals surface area (Å²) in [5.74, 6) is 0.177. The van der Waals surface area contributed by atoms with Gasteiger partial charge in [-0.2, -0.15) is 0 Å². The second-order valence-electron chi connectivity index (χ2n) is 2.58. The fourth-order valence-corrected chi connectivity index (χ4v) is 0.939. The second-order valence-corrected chi connectivity index (χ2v) is 2.58. The van der Waals surface area contributed by atoms with Crippen molar-refractivity contribution in [1.29, 1.82) is 0 Å². The first-order valence-corrected chi connectivity index (χ1v) is 3.49. The van der Waals surface area contributed by atoms with Crippen molar-refractivity contribution >= 4 is 11.6 Å². The standard InChI is InChI=1S/C8H10O3/c1-5(9)7-3-4-8(11-7)6(2)10/h3,8H,4H2,1-2H3. The fraction of sp³-hybridized carbons (Fsp3) is 0.500. The van der Waals surface area contributed by atoms with Gasteiger partial charge in [-0.05, 0) is 13.0 Å². The predicted molar refractivity (Wildman–Crippen MR) is 38.9 cm³/mol. The molecule has 1 unspecified atom stereocenters. The molecule has 3 heteroatoms. The molecule has 1 rings (SSSR count). The van der Waals surface area contributed by atoms with Gasteiger partial charge in [-0.15, -0.1) is 0 Å². The maximum absolute atomic E-state index is 10.7. The molecule has 1 aliphatic heterocycles. The van der Waals surface area contributed by atoms with Crippen molar-refractivity contribution in [3.63, 3.8) is 0 Å². The van der Waals surface area contributed by atoms with Gasteiger partial charge in [-0.1, -0.05) is 0 Å². The van der Waals surface area contributed by atoms with Crippen LogP contribution < -0.4 is 0 Å². The minimum Gasteiger partial charge on any atom is -0.479 e. The molecule has 1 atom stereocenters. The Kier molecular flexibility index (Phi) is 2.08. The predicted octanol–water partition coefficient (Wildman–Crippen LogP) is 0.837. The number of hydrogen-bond donors (Lipinski definition) is 0. The fourth-order valence-electron chi connectivity index (χ4n) is 0.939. The third-order valence-electron chi connectivity index (χ3n) is 1.59. The van der Waals surface area contributed by atoms with E-state index in [0.29, 0.717) is 12.2 Å². The van der Waals surface area contributed by atoms with Crippen molar-refractivity contribution in [2.75, 3.05) is 0 Å². The number of Topliss-reactive ketones (excluding diaryl/α,β-unsaturated/α-hetero) is 2. The van der Waals surface area contributed by atoms with Gasteiger partial charge in [0.1, 0.15) is 0 Å². The Morgan fingerprint density at radius 2 is 2.18 bits per heavy atom. The Morgan fingerprint density at radius 1 is 1.55 bits per heavy atom. The van der Waals surface area contributed by atoms with Crippen LogP contribution in [0.1, 0.15) is 20.3 Å². The Bertz CT molecular complexity index is 227. The van der Waals surface area contributed by atoms with Crippen molar-refractivity contribution in [2.24, 2.45) is 0 Å². The molecule has 0 saturated carbocycles. The molecule has 0 N–H and O–H groups in total. The minimum absolute atomic E-state index is 0.0301. The zero-order chi connectivity index (χ0) is 8.43. The average Bonchev–Trinajstić information content (AvgIpc) is 2.33. The largest absolute Gasteiger partial charge is 0.479 e. The molecular weight excluding hydrogens is 144 g/mol. The van der Waals surface area contributed by atoms with Gasteiger partial charge in [-0.3, -0.25) is 9.59 Å². The van der Waals surface area contributed by atoms with E-state index in [1.165, 1.54) is 13.8 Å². The van der Waals surface area contributed by atoms with Gasteiger partial charge in [0.15, 0.2) is 23.4 Å². The molecule has 0 bridgehead atoms. The number of carbonyl (C=O) groups is 2. The molecule has 3 nitrogen and oxygen atoms in total. The van der Waals surface area contributed by atoms with Gasteiger partial charge in [0.25, 0.3) is 0 Å². The van der Waals surface area contributed by atoms with E-state index in [0.717, 1.165) is 0 Å². The van der Waals surface area contributed by atoms with Crippen molar-refractivity contribution in [3.05, 3.63) is 11.8 Å². The van der Waals surface area contributed by atoms with Crippen LogP contribution in [0, 0.1) is 0 Å². The van der Waals surface area contributed by atoms with Crippen molar-refractivity contribution in [1.82, 2.24) is 0 Å². The molecule has 0 aliphatic carbocycles. The Morgan fingerprint density at radius 3 is 2.45 bits per heavy atom. The summed E-state index contributed by atoms with van der Waals surface area (Å²) < 4.78 is 5.05. The van der Waals surface area contributed by atoms with E-state index >= 15 is 0 Å². The van der Waals surface area contributed by atoms with E-state index in [9.17, 15) is 9.59 Å². The summed E-state index contributed by atoms with van der Waals surface area (Å²) in [4.78, 5) is 21.5. The Hall–Kier alpha value is -1.12. The van der Waals surface area contributed by atoms with Gasteiger partial charge < -0.3 is 4.74 Å². The number of rotatable bonds is 2. The summed E-state index contributed by atoms with van der Waals surface area (Å²) in [6, 6.07) is 0. The van der Waals surface area contributed by atoms with Gasteiger partial charge in [-0.25, -0.2) is 0 Å². The van der Waals surface area contributed by atoms with Crippen molar-refractivity contribution < 1.29 is 14.3 Å². The molecule has 0 aromatic carbocycles. The summed E-state index contributed by atoms with van der Waals surface area (Å²) in [6.45, 7) is 2.88.